The standard InChI is InChI=1S/C28H24F2N8/c1-15-5-6-17(11-20(15)27-33-24-13-21(29)22(30)14-25(24)34-27)32-28-31-10-9-26(35-28)37(3)18-7-8-19-16(2)38(4)36-23(19)12-18/h5-14H,1-4H3,(H,33,34)(H,31,32,35). The number of hydrogen-bond donors (Lipinski definition) is 2. The number of anilines is 4. The summed E-state index contributed by atoms with van der Waals surface area (Å²) in [6, 6.07) is 15.9. The molecule has 0 radical (unpaired) electrons. The first-order chi connectivity index (χ1) is 18.3. The molecule has 0 saturated heterocycles. The lowest BCUT2D eigenvalue weighted by molar-refractivity contribution is 0.510. The fraction of sp³-hybridized carbons (Fsp3) is 0.143. The molecule has 0 bridgehead atoms. The first-order valence-electron chi connectivity index (χ1n) is 12.0. The summed E-state index contributed by atoms with van der Waals surface area (Å²) in [6.07, 6.45) is 1.70. The minimum atomic E-state index is -0.931. The van der Waals surface area contributed by atoms with Crippen molar-refractivity contribution in [2.75, 3.05) is 17.3 Å². The maximum Gasteiger partial charge on any atom is 0.229 e. The number of H-pyrrole nitrogens is 1. The minimum absolute atomic E-state index is 0.356. The fourth-order valence-corrected chi connectivity index (χ4v) is 4.47. The zero-order chi connectivity index (χ0) is 26.6. The number of aryl methyl sites for hydroxylation is 3. The summed E-state index contributed by atoms with van der Waals surface area (Å²) in [5.74, 6) is -0.201. The molecule has 0 fully saturated rings. The topological polar surface area (TPSA) is 87.6 Å². The van der Waals surface area contributed by atoms with E-state index in [9.17, 15) is 8.78 Å². The van der Waals surface area contributed by atoms with Gasteiger partial charge >= 0.3 is 0 Å². The Labute approximate surface area is 217 Å². The summed E-state index contributed by atoms with van der Waals surface area (Å²) in [6.45, 7) is 3.99. The average Bonchev–Trinajstić information content (AvgIpc) is 3.44. The Bertz CT molecular complexity index is 1800. The first-order valence-corrected chi connectivity index (χ1v) is 12.0. The molecule has 10 heteroatoms. The summed E-state index contributed by atoms with van der Waals surface area (Å²) in [4.78, 5) is 18.6. The fourth-order valence-electron chi connectivity index (χ4n) is 4.47. The van der Waals surface area contributed by atoms with Gasteiger partial charge in [-0.25, -0.2) is 18.7 Å². The number of rotatable bonds is 5. The third kappa shape index (κ3) is 4.09. The van der Waals surface area contributed by atoms with E-state index in [0.717, 1.165) is 51.2 Å². The largest absolute Gasteiger partial charge is 0.338 e. The second kappa shape index (κ2) is 8.91. The van der Waals surface area contributed by atoms with Crippen molar-refractivity contribution in [1.29, 1.82) is 0 Å². The summed E-state index contributed by atoms with van der Waals surface area (Å²) in [5.41, 5.74) is 6.25. The number of nitrogens with one attached hydrogen (secondary N) is 2. The average molecular weight is 511 g/mol. The predicted molar refractivity (Wildman–Crippen MR) is 145 cm³/mol. The molecule has 0 aliphatic carbocycles. The highest BCUT2D eigenvalue weighted by atomic mass is 19.2. The lowest BCUT2D eigenvalue weighted by Crippen LogP contribution is -2.12. The zero-order valence-electron chi connectivity index (χ0n) is 21.2. The highest BCUT2D eigenvalue weighted by molar-refractivity contribution is 5.86. The highest BCUT2D eigenvalue weighted by Gasteiger charge is 2.14. The second-order valence-corrected chi connectivity index (χ2v) is 9.23. The van der Waals surface area contributed by atoms with Gasteiger partial charge < -0.3 is 15.2 Å². The van der Waals surface area contributed by atoms with Gasteiger partial charge in [0, 0.05) is 60.4 Å². The molecule has 0 aliphatic heterocycles. The zero-order valence-corrected chi connectivity index (χ0v) is 21.2. The molecule has 0 unspecified atom stereocenters. The van der Waals surface area contributed by atoms with Gasteiger partial charge in [-0.1, -0.05) is 6.07 Å². The summed E-state index contributed by atoms with van der Waals surface area (Å²) >= 11 is 0. The van der Waals surface area contributed by atoms with E-state index in [1.54, 1.807) is 6.20 Å². The van der Waals surface area contributed by atoms with Crippen LogP contribution in [0.1, 0.15) is 11.3 Å². The van der Waals surface area contributed by atoms with Crippen LogP contribution in [0.4, 0.5) is 31.9 Å². The smallest absolute Gasteiger partial charge is 0.229 e. The van der Waals surface area contributed by atoms with Crippen LogP contribution in [0, 0.1) is 25.5 Å². The van der Waals surface area contributed by atoms with E-state index in [0.29, 0.717) is 28.6 Å². The lowest BCUT2D eigenvalue weighted by Gasteiger charge is -2.19. The van der Waals surface area contributed by atoms with Crippen LogP contribution in [-0.4, -0.2) is 36.8 Å². The van der Waals surface area contributed by atoms with Crippen LogP contribution in [0.15, 0.2) is 60.8 Å². The van der Waals surface area contributed by atoms with E-state index in [1.807, 2.05) is 73.9 Å². The summed E-state index contributed by atoms with van der Waals surface area (Å²) in [7, 11) is 3.88. The van der Waals surface area contributed by atoms with Gasteiger partial charge in [-0.3, -0.25) is 4.68 Å². The van der Waals surface area contributed by atoms with Crippen LogP contribution in [0.3, 0.4) is 0 Å². The van der Waals surface area contributed by atoms with Crippen molar-refractivity contribution in [3.05, 3.63) is 83.7 Å². The monoisotopic (exact) mass is 510 g/mol. The van der Waals surface area contributed by atoms with Crippen LogP contribution >= 0.6 is 0 Å². The molecule has 0 aliphatic rings. The van der Waals surface area contributed by atoms with Crippen LogP contribution in [0.2, 0.25) is 0 Å². The van der Waals surface area contributed by atoms with Gasteiger partial charge in [-0.2, -0.15) is 10.1 Å². The minimum Gasteiger partial charge on any atom is -0.338 e. The number of fused-ring (bicyclic) bond motifs is 2. The maximum atomic E-state index is 13.7. The van der Waals surface area contributed by atoms with Crippen molar-refractivity contribution in [2.24, 2.45) is 7.05 Å². The number of nitrogens with zero attached hydrogens (tertiary/aromatic N) is 6. The van der Waals surface area contributed by atoms with Crippen molar-refractivity contribution in [1.82, 2.24) is 29.7 Å². The van der Waals surface area contributed by atoms with Crippen LogP contribution in [-0.2, 0) is 7.05 Å². The molecule has 6 aromatic rings. The molecular formula is C28H24F2N8. The van der Waals surface area contributed by atoms with E-state index >= 15 is 0 Å². The Morgan fingerprint density at radius 2 is 1.74 bits per heavy atom. The molecule has 0 atom stereocenters. The molecule has 6 rings (SSSR count). The highest BCUT2D eigenvalue weighted by Crippen LogP contribution is 2.30. The Balaban J connectivity index is 1.28. The van der Waals surface area contributed by atoms with Gasteiger partial charge in [0.15, 0.2) is 11.6 Å². The number of benzene rings is 3. The molecule has 38 heavy (non-hydrogen) atoms. The van der Waals surface area contributed by atoms with Crippen molar-refractivity contribution in [3.8, 4) is 11.4 Å². The van der Waals surface area contributed by atoms with Gasteiger partial charge in [0.1, 0.15) is 11.6 Å². The lowest BCUT2D eigenvalue weighted by atomic mass is 10.1. The number of imidazole rings is 1. The van der Waals surface area contributed by atoms with Crippen LogP contribution < -0.4 is 10.2 Å². The van der Waals surface area contributed by atoms with Gasteiger partial charge in [0.25, 0.3) is 0 Å². The molecule has 3 heterocycles. The van der Waals surface area contributed by atoms with E-state index in [-0.39, 0.29) is 0 Å². The molecular weight excluding hydrogens is 486 g/mol. The molecule has 3 aromatic heterocycles. The third-order valence-electron chi connectivity index (χ3n) is 6.76. The Morgan fingerprint density at radius 1 is 0.921 bits per heavy atom. The summed E-state index contributed by atoms with van der Waals surface area (Å²) in [5, 5.41) is 8.96. The van der Waals surface area contributed by atoms with Crippen molar-refractivity contribution in [3.63, 3.8) is 0 Å². The van der Waals surface area contributed by atoms with Crippen LogP contribution in [0.5, 0.6) is 0 Å². The quantitative estimate of drug-likeness (QED) is 0.283. The van der Waals surface area contributed by atoms with Crippen molar-refractivity contribution >= 4 is 45.1 Å². The molecule has 190 valence electrons. The number of hydrogen-bond acceptors (Lipinski definition) is 6. The van der Waals surface area contributed by atoms with Crippen LogP contribution in [0.25, 0.3) is 33.3 Å². The SMILES string of the molecule is Cc1ccc(Nc2nccc(N(C)c3ccc4c(C)n(C)nc4c3)n2)cc1-c1nc2cc(F)c(F)cc2[nH]1. The maximum absolute atomic E-state index is 13.7. The second-order valence-electron chi connectivity index (χ2n) is 9.23. The molecule has 3 aromatic carbocycles. The number of aromatic amines is 1. The Kier molecular flexibility index (Phi) is 5.52. The molecule has 8 nitrogen and oxygen atoms in total. The van der Waals surface area contributed by atoms with Gasteiger partial charge in [0.05, 0.1) is 16.6 Å². The van der Waals surface area contributed by atoms with Gasteiger partial charge in [-0.05, 0) is 55.8 Å². The van der Waals surface area contributed by atoms with E-state index < -0.39 is 11.6 Å². The van der Waals surface area contributed by atoms with Gasteiger partial charge in [0.2, 0.25) is 5.95 Å². The van der Waals surface area contributed by atoms with E-state index in [4.69, 9.17) is 4.98 Å². The van der Waals surface area contributed by atoms with Gasteiger partial charge in [-0.15, -0.1) is 0 Å². The van der Waals surface area contributed by atoms with E-state index in [1.165, 1.54) is 0 Å². The predicted octanol–water partition coefficient (Wildman–Crippen LogP) is 6.31. The molecule has 0 saturated carbocycles. The van der Waals surface area contributed by atoms with E-state index in [2.05, 4.69) is 31.4 Å². The normalized spacial score (nSPS) is 11.4. The number of halogens is 2. The molecule has 0 spiro atoms. The van der Waals surface area contributed by atoms with Crippen molar-refractivity contribution < 1.29 is 8.78 Å². The summed E-state index contributed by atoms with van der Waals surface area (Å²) < 4.78 is 29.2. The first kappa shape index (κ1) is 23.5. The molecule has 2 N–H and O–H groups in total. The van der Waals surface area contributed by atoms with Crippen molar-refractivity contribution in [2.45, 2.75) is 13.8 Å². The Hall–Kier alpha value is -4.86. The number of aromatic nitrogens is 6. The third-order valence-corrected chi connectivity index (χ3v) is 6.76. The molecule has 0 amide bonds. The Morgan fingerprint density at radius 3 is 2.58 bits per heavy atom.